The van der Waals surface area contributed by atoms with Gasteiger partial charge in [0, 0.05) is 17.3 Å². The van der Waals surface area contributed by atoms with E-state index in [9.17, 15) is 9.59 Å². The van der Waals surface area contributed by atoms with Crippen LogP contribution in [0.4, 0.5) is 0 Å². The molecule has 5 rings (SSSR count). The van der Waals surface area contributed by atoms with Crippen molar-refractivity contribution in [1.29, 1.82) is 0 Å². The highest BCUT2D eigenvalue weighted by Crippen LogP contribution is 2.57. The molecule has 0 saturated heterocycles. The Balaban J connectivity index is 1.58. The van der Waals surface area contributed by atoms with E-state index in [-0.39, 0.29) is 17.0 Å². The van der Waals surface area contributed by atoms with Gasteiger partial charge in [-0.1, -0.05) is 6.07 Å². The highest BCUT2D eigenvalue weighted by atomic mass is 16.2. The van der Waals surface area contributed by atoms with E-state index in [0.717, 1.165) is 38.5 Å². The average Bonchev–Trinajstić information content (AvgIpc) is 2.46. The lowest BCUT2D eigenvalue weighted by atomic mass is 9.50. The lowest BCUT2D eigenvalue weighted by molar-refractivity contribution is -0.116. The fourth-order valence-electron chi connectivity index (χ4n) is 5.50. The minimum absolute atomic E-state index is 0.0937. The van der Waals surface area contributed by atoms with Crippen LogP contribution >= 0.6 is 0 Å². The summed E-state index contributed by atoms with van der Waals surface area (Å²) in [5.74, 6) is 1.12. The van der Waals surface area contributed by atoms with Crippen molar-refractivity contribution in [2.24, 2.45) is 11.8 Å². The summed E-state index contributed by atoms with van der Waals surface area (Å²) in [4.78, 5) is 27.7. The Labute approximate surface area is 129 Å². The number of nitrogens with zero attached hydrogens (tertiary/aromatic N) is 1. The van der Waals surface area contributed by atoms with Crippen molar-refractivity contribution in [1.82, 2.24) is 15.6 Å². The zero-order valence-electron chi connectivity index (χ0n) is 12.5. The quantitative estimate of drug-likeness (QED) is 0.830. The molecule has 22 heavy (non-hydrogen) atoms. The zero-order valence-corrected chi connectivity index (χ0v) is 12.5. The molecule has 0 spiro atoms. The first kappa shape index (κ1) is 13.7. The number of amides is 2. The van der Waals surface area contributed by atoms with Gasteiger partial charge in [0.1, 0.15) is 5.69 Å². The largest absolute Gasteiger partial charge is 0.353 e. The SMILES string of the molecule is O=CNC12CC3CC(C1)CC(NC(=O)c1ccccn1)(C3)C2. The van der Waals surface area contributed by atoms with Gasteiger partial charge in [-0.3, -0.25) is 14.6 Å². The number of carbonyl (C=O) groups is 2. The van der Waals surface area contributed by atoms with Gasteiger partial charge in [-0.25, -0.2) is 0 Å². The molecule has 116 valence electrons. The van der Waals surface area contributed by atoms with Crippen molar-refractivity contribution in [3.63, 3.8) is 0 Å². The molecule has 1 aromatic heterocycles. The van der Waals surface area contributed by atoms with Gasteiger partial charge < -0.3 is 10.6 Å². The maximum atomic E-state index is 12.5. The molecule has 5 nitrogen and oxygen atoms in total. The fraction of sp³-hybridized carbons (Fsp3) is 0.588. The van der Waals surface area contributed by atoms with Crippen LogP contribution in [0.1, 0.15) is 49.0 Å². The highest BCUT2D eigenvalue weighted by Gasteiger charge is 2.58. The Bertz CT molecular complexity index is 587. The third kappa shape index (κ3) is 2.19. The molecule has 5 heteroatoms. The van der Waals surface area contributed by atoms with E-state index < -0.39 is 0 Å². The monoisotopic (exact) mass is 299 g/mol. The zero-order chi connectivity index (χ0) is 15.2. The topological polar surface area (TPSA) is 71.1 Å². The minimum atomic E-state index is -0.172. The summed E-state index contributed by atoms with van der Waals surface area (Å²) in [7, 11) is 0. The molecule has 0 radical (unpaired) electrons. The van der Waals surface area contributed by atoms with Crippen LogP contribution in [0.2, 0.25) is 0 Å². The van der Waals surface area contributed by atoms with E-state index in [2.05, 4.69) is 15.6 Å². The summed E-state index contributed by atoms with van der Waals surface area (Å²) in [5.41, 5.74) is 0.188. The number of rotatable bonds is 4. The number of carbonyl (C=O) groups excluding carboxylic acids is 2. The molecule has 0 aliphatic heterocycles. The van der Waals surface area contributed by atoms with Crippen molar-refractivity contribution in [3.05, 3.63) is 30.1 Å². The number of hydrogen-bond donors (Lipinski definition) is 2. The lowest BCUT2D eigenvalue weighted by Gasteiger charge is -2.61. The summed E-state index contributed by atoms with van der Waals surface area (Å²) in [6, 6.07) is 5.39. The van der Waals surface area contributed by atoms with Crippen molar-refractivity contribution >= 4 is 12.3 Å². The van der Waals surface area contributed by atoms with Gasteiger partial charge in [-0.15, -0.1) is 0 Å². The van der Waals surface area contributed by atoms with Crippen LogP contribution in [0.25, 0.3) is 0 Å². The van der Waals surface area contributed by atoms with Crippen molar-refractivity contribution in [3.8, 4) is 0 Å². The van der Waals surface area contributed by atoms with Crippen LogP contribution in [0, 0.1) is 11.8 Å². The molecule has 4 aliphatic carbocycles. The molecule has 1 aromatic rings. The van der Waals surface area contributed by atoms with Gasteiger partial charge in [-0.05, 0) is 62.5 Å². The fourth-order valence-corrected chi connectivity index (χ4v) is 5.50. The van der Waals surface area contributed by atoms with Gasteiger partial charge in [-0.2, -0.15) is 0 Å². The predicted octanol–water partition coefficient (Wildman–Crippen LogP) is 1.65. The van der Waals surface area contributed by atoms with Crippen LogP contribution < -0.4 is 10.6 Å². The first-order valence-electron chi connectivity index (χ1n) is 8.07. The number of hydrogen-bond acceptors (Lipinski definition) is 3. The Morgan fingerprint density at radius 1 is 1.18 bits per heavy atom. The maximum Gasteiger partial charge on any atom is 0.270 e. The molecule has 1 heterocycles. The number of nitrogens with one attached hydrogen (secondary N) is 2. The average molecular weight is 299 g/mol. The molecule has 4 fully saturated rings. The molecule has 0 aromatic carbocycles. The van der Waals surface area contributed by atoms with Crippen molar-refractivity contribution in [2.45, 2.75) is 49.6 Å². The molecular weight excluding hydrogens is 278 g/mol. The third-order valence-corrected chi connectivity index (χ3v) is 5.70. The van der Waals surface area contributed by atoms with E-state index in [1.165, 1.54) is 6.42 Å². The third-order valence-electron chi connectivity index (χ3n) is 5.70. The van der Waals surface area contributed by atoms with Gasteiger partial charge in [0.05, 0.1) is 0 Å². The van der Waals surface area contributed by atoms with Crippen molar-refractivity contribution < 1.29 is 9.59 Å². The Morgan fingerprint density at radius 2 is 1.91 bits per heavy atom. The molecule has 4 bridgehead atoms. The van der Waals surface area contributed by atoms with Crippen molar-refractivity contribution in [2.75, 3.05) is 0 Å². The second kappa shape index (κ2) is 4.80. The van der Waals surface area contributed by atoms with Crippen LogP contribution in [0.5, 0.6) is 0 Å². The van der Waals surface area contributed by atoms with Gasteiger partial charge in [0.2, 0.25) is 6.41 Å². The van der Waals surface area contributed by atoms with Gasteiger partial charge >= 0.3 is 0 Å². The summed E-state index contributed by atoms with van der Waals surface area (Å²) in [6.07, 6.45) is 8.75. The van der Waals surface area contributed by atoms with E-state index >= 15 is 0 Å². The summed E-state index contributed by atoms with van der Waals surface area (Å²) < 4.78 is 0. The Kier molecular flexibility index (Phi) is 2.99. The first-order valence-corrected chi connectivity index (χ1v) is 8.07. The standard InChI is InChI=1S/C17H21N3O2/c21-11-19-16-6-12-5-13(7-16)9-17(8-12,10-16)20-15(22)14-3-1-2-4-18-14/h1-4,11-13H,5-10H2,(H,19,21)(H,20,22). The van der Waals surface area contributed by atoms with E-state index in [1.54, 1.807) is 12.3 Å². The molecule has 2 atom stereocenters. The first-order chi connectivity index (χ1) is 10.6. The Morgan fingerprint density at radius 3 is 2.55 bits per heavy atom. The number of aromatic nitrogens is 1. The highest BCUT2D eigenvalue weighted by molar-refractivity contribution is 5.92. The summed E-state index contributed by atoms with van der Waals surface area (Å²) >= 11 is 0. The number of pyridine rings is 1. The predicted molar refractivity (Wildman–Crippen MR) is 81.0 cm³/mol. The van der Waals surface area contributed by atoms with Crippen LogP contribution in [0.15, 0.2) is 24.4 Å². The van der Waals surface area contributed by atoms with Crippen LogP contribution in [0.3, 0.4) is 0 Å². The van der Waals surface area contributed by atoms with Crippen LogP contribution in [-0.2, 0) is 4.79 Å². The van der Waals surface area contributed by atoms with Gasteiger partial charge in [0.15, 0.2) is 0 Å². The lowest BCUT2D eigenvalue weighted by Crippen LogP contribution is -2.69. The molecule has 4 saturated carbocycles. The molecule has 2 amide bonds. The van der Waals surface area contributed by atoms with E-state index in [0.29, 0.717) is 17.5 Å². The maximum absolute atomic E-state index is 12.5. The molecule has 4 aliphatic rings. The smallest absolute Gasteiger partial charge is 0.270 e. The Hall–Kier alpha value is -1.91. The second-order valence-electron chi connectivity index (χ2n) is 7.45. The minimum Gasteiger partial charge on any atom is -0.353 e. The summed E-state index contributed by atoms with van der Waals surface area (Å²) in [5, 5.41) is 6.35. The van der Waals surface area contributed by atoms with Gasteiger partial charge in [0.25, 0.3) is 5.91 Å². The van der Waals surface area contributed by atoms with E-state index in [1.807, 2.05) is 12.1 Å². The summed E-state index contributed by atoms with van der Waals surface area (Å²) in [6.45, 7) is 0. The molecular formula is C17H21N3O2. The molecule has 2 unspecified atom stereocenters. The molecule has 2 N–H and O–H groups in total. The van der Waals surface area contributed by atoms with E-state index in [4.69, 9.17) is 0 Å². The van der Waals surface area contributed by atoms with Crippen LogP contribution in [-0.4, -0.2) is 28.4 Å². The normalized spacial score (nSPS) is 38.5. The second-order valence-corrected chi connectivity index (χ2v) is 7.45.